The number of aryl methyl sites for hydroxylation is 1. The summed E-state index contributed by atoms with van der Waals surface area (Å²) in [6.07, 6.45) is 3.97. The number of rotatable bonds is 4. The van der Waals surface area contributed by atoms with E-state index in [0.717, 1.165) is 58.4 Å². The second-order valence-corrected chi connectivity index (χ2v) is 7.54. The number of para-hydroxylation sites is 1. The molecule has 0 N–H and O–H groups in total. The highest BCUT2D eigenvalue weighted by atomic mass is 16.5. The maximum absolute atomic E-state index is 5.40. The number of anilines is 2. The molecule has 2 aliphatic rings. The topological polar surface area (TPSA) is 44.7 Å². The first-order chi connectivity index (χ1) is 13.2. The van der Waals surface area contributed by atoms with Crippen molar-refractivity contribution in [2.45, 2.75) is 26.4 Å². The Balaban J connectivity index is 1.35. The monoisotopic (exact) mass is 367 g/mol. The number of benzene rings is 1. The fourth-order valence-corrected chi connectivity index (χ4v) is 3.96. The van der Waals surface area contributed by atoms with Crippen molar-refractivity contribution in [3.8, 4) is 0 Å². The summed E-state index contributed by atoms with van der Waals surface area (Å²) in [5.41, 5.74) is 3.90. The number of hydrogen-bond acceptors (Lipinski definition) is 6. The van der Waals surface area contributed by atoms with Crippen LogP contribution in [-0.2, 0) is 11.3 Å². The predicted molar refractivity (Wildman–Crippen MR) is 108 cm³/mol. The van der Waals surface area contributed by atoms with Crippen LogP contribution in [0.15, 0.2) is 36.7 Å². The number of hydrogen-bond donors (Lipinski definition) is 0. The lowest BCUT2D eigenvalue weighted by atomic mass is 10.1. The highest BCUT2D eigenvalue weighted by Gasteiger charge is 2.24. The standard InChI is InChI=1S/C21H29N5O/c1-17-5-3-4-6-20(17)26-8-7-25(18(2)15-26)16-19-13-22-21(23-14-19)24-9-11-27-12-10-24/h3-6,13-14,18H,7-12,15-16H2,1-2H3/t18-/m1/s1. The minimum absolute atomic E-state index is 0.497. The normalized spacial score (nSPS) is 21.5. The first-order valence-electron chi connectivity index (χ1n) is 9.89. The third-order valence-electron chi connectivity index (χ3n) is 5.59. The molecule has 144 valence electrons. The third-order valence-corrected chi connectivity index (χ3v) is 5.59. The SMILES string of the molecule is Cc1ccccc1N1CCN(Cc2cnc(N3CCOCC3)nc2)[C@H](C)C1. The van der Waals surface area contributed by atoms with E-state index in [1.807, 2.05) is 12.4 Å². The Morgan fingerprint density at radius 1 is 1.00 bits per heavy atom. The van der Waals surface area contributed by atoms with E-state index in [0.29, 0.717) is 6.04 Å². The van der Waals surface area contributed by atoms with E-state index in [1.54, 1.807) is 0 Å². The van der Waals surface area contributed by atoms with Crippen molar-refractivity contribution in [3.05, 3.63) is 47.8 Å². The van der Waals surface area contributed by atoms with Crippen LogP contribution in [0.3, 0.4) is 0 Å². The second-order valence-electron chi connectivity index (χ2n) is 7.54. The zero-order chi connectivity index (χ0) is 18.6. The van der Waals surface area contributed by atoms with Crippen LogP contribution in [0.1, 0.15) is 18.1 Å². The molecular weight excluding hydrogens is 338 g/mol. The van der Waals surface area contributed by atoms with Gasteiger partial charge in [-0.2, -0.15) is 0 Å². The number of morpholine rings is 1. The largest absolute Gasteiger partial charge is 0.378 e. The molecule has 0 unspecified atom stereocenters. The van der Waals surface area contributed by atoms with Crippen molar-refractivity contribution in [3.63, 3.8) is 0 Å². The summed E-state index contributed by atoms with van der Waals surface area (Å²) in [4.78, 5) is 16.4. The maximum Gasteiger partial charge on any atom is 0.225 e. The van der Waals surface area contributed by atoms with Crippen molar-refractivity contribution in [2.75, 3.05) is 55.7 Å². The summed E-state index contributed by atoms with van der Waals surface area (Å²) in [5.74, 6) is 0.819. The van der Waals surface area contributed by atoms with Crippen molar-refractivity contribution in [2.24, 2.45) is 0 Å². The maximum atomic E-state index is 5.40. The van der Waals surface area contributed by atoms with Gasteiger partial charge in [0, 0.05) is 69.0 Å². The van der Waals surface area contributed by atoms with Gasteiger partial charge in [0.2, 0.25) is 5.95 Å². The van der Waals surface area contributed by atoms with E-state index < -0.39 is 0 Å². The van der Waals surface area contributed by atoms with Crippen LogP contribution in [0.2, 0.25) is 0 Å². The summed E-state index contributed by atoms with van der Waals surface area (Å²) in [5, 5.41) is 0. The zero-order valence-corrected chi connectivity index (χ0v) is 16.3. The Morgan fingerprint density at radius 3 is 2.44 bits per heavy atom. The Labute approximate surface area is 161 Å². The van der Waals surface area contributed by atoms with Crippen LogP contribution in [-0.4, -0.2) is 66.8 Å². The van der Waals surface area contributed by atoms with Gasteiger partial charge in [0.1, 0.15) is 0 Å². The van der Waals surface area contributed by atoms with Gasteiger partial charge in [-0.25, -0.2) is 9.97 Å². The molecule has 0 amide bonds. The van der Waals surface area contributed by atoms with Gasteiger partial charge in [-0.15, -0.1) is 0 Å². The van der Waals surface area contributed by atoms with Crippen molar-refractivity contribution in [1.29, 1.82) is 0 Å². The molecule has 4 rings (SSSR count). The van der Waals surface area contributed by atoms with E-state index in [2.05, 4.69) is 62.8 Å². The van der Waals surface area contributed by atoms with Crippen LogP contribution in [0.25, 0.3) is 0 Å². The fraction of sp³-hybridized carbons (Fsp3) is 0.524. The summed E-state index contributed by atoms with van der Waals surface area (Å²) < 4.78 is 5.40. The van der Waals surface area contributed by atoms with E-state index in [9.17, 15) is 0 Å². The summed E-state index contributed by atoms with van der Waals surface area (Å²) in [6, 6.07) is 9.17. The van der Waals surface area contributed by atoms with Crippen molar-refractivity contribution < 1.29 is 4.74 Å². The molecule has 2 fully saturated rings. The van der Waals surface area contributed by atoms with Gasteiger partial charge in [-0.05, 0) is 25.5 Å². The van der Waals surface area contributed by atoms with Crippen LogP contribution in [0, 0.1) is 6.92 Å². The average Bonchev–Trinajstić information content (AvgIpc) is 2.71. The number of ether oxygens (including phenoxy) is 1. The minimum atomic E-state index is 0.497. The van der Waals surface area contributed by atoms with Gasteiger partial charge in [-0.1, -0.05) is 18.2 Å². The van der Waals surface area contributed by atoms with E-state index in [-0.39, 0.29) is 0 Å². The number of piperazine rings is 1. The molecule has 2 aliphatic heterocycles. The first-order valence-corrected chi connectivity index (χ1v) is 9.89. The van der Waals surface area contributed by atoms with Gasteiger partial charge in [0.25, 0.3) is 0 Å². The van der Waals surface area contributed by atoms with Gasteiger partial charge in [0.05, 0.1) is 13.2 Å². The molecule has 1 aromatic carbocycles. The molecule has 1 atom stereocenters. The predicted octanol–water partition coefficient (Wildman–Crippen LogP) is 2.33. The summed E-state index contributed by atoms with van der Waals surface area (Å²) >= 11 is 0. The molecular formula is C21H29N5O. The first kappa shape index (κ1) is 18.2. The highest BCUT2D eigenvalue weighted by Crippen LogP contribution is 2.23. The van der Waals surface area contributed by atoms with E-state index in [4.69, 9.17) is 4.74 Å². The molecule has 2 saturated heterocycles. The lowest BCUT2D eigenvalue weighted by molar-refractivity contribution is 0.122. The van der Waals surface area contributed by atoms with E-state index >= 15 is 0 Å². The molecule has 0 saturated carbocycles. The highest BCUT2D eigenvalue weighted by molar-refractivity contribution is 5.53. The third kappa shape index (κ3) is 4.22. The average molecular weight is 367 g/mol. The van der Waals surface area contributed by atoms with Gasteiger partial charge < -0.3 is 14.5 Å². The van der Waals surface area contributed by atoms with Crippen molar-refractivity contribution >= 4 is 11.6 Å². The molecule has 6 nitrogen and oxygen atoms in total. The molecule has 27 heavy (non-hydrogen) atoms. The molecule has 2 aromatic rings. The van der Waals surface area contributed by atoms with Crippen LogP contribution in [0.4, 0.5) is 11.6 Å². The quantitative estimate of drug-likeness (QED) is 0.826. The Morgan fingerprint density at radius 2 is 1.74 bits per heavy atom. The van der Waals surface area contributed by atoms with Gasteiger partial charge in [0.15, 0.2) is 0 Å². The van der Waals surface area contributed by atoms with Crippen LogP contribution >= 0.6 is 0 Å². The Hall–Kier alpha value is -2.18. The number of nitrogens with zero attached hydrogens (tertiary/aromatic N) is 5. The van der Waals surface area contributed by atoms with E-state index in [1.165, 1.54) is 16.8 Å². The molecule has 0 bridgehead atoms. The fourth-order valence-electron chi connectivity index (χ4n) is 3.96. The van der Waals surface area contributed by atoms with Gasteiger partial charge >= 0.3 is 0 Å². The van der Waals surface area contributed by atoms with Crippen molar-refractivity contribution in [1.82, 2.24) is 14.9 Å². The van der Waals surface area contributed by atoms with Gasteiger partial charge in [-0.3, -0.25) is 4.90 Å². The molecule has 0 radical (unpaired) electrons. The molecule has 3 heterocycles. The second kappa shape index (κ2) is 8.23. The lowest BCUT2D eigenvalue weighted by Gasteiger charge is -2.41. The smallest absolute Gasteiger partial charge is 0.225 e. The Kier molecular flexibility index (Phi) is 5.55. The molecule has 6 heteroatoms. The van der Waals surface area contributed by atoms with Crippen LogP contribution in [0.5, 0.6) is 0 Å². The molecule has 1 aromatic heterocycles. The minimum Gasteiger partial charge on any atom is -0.378 e. The summed E-state index contributed by atoms with van der Waals surface area (Å²) in [7, 11) is 0. The Bertz CT molecular complexity index is 744. The van der Waals surface area contributed by atoms with Crippen LogP contribution < -0.4 is 9.80 Å². The lowest BCUT2D eigenvalue weighted by Crippen LogP contribution is -2.51. The molecule has 0 spiro atoms. The number of aromatic nitrogens is 2. The zero-order valence-electron chi connectivity index (χ0n) is 16.3. The molecule has 0 aliphatic carbocycles. The summed E-state index contributed by atoms with van der Waals surface area (Å²) in [6.45, 7) is 11.8.